The molecule has 8 heteroatoms. The van der Waals surface area contributed by atoms with Crippen LogP contribution in [0, 0.1) is 0 Å². The number of methoxy groups -OCH3 is 2. The van der Waals surface area contributed by atoms with Crippen LogP contribution in [-0.4, -0.2) is 60.9 Å². The first-order valence-corrected chi connectivity index (χ1v) is 11.6. The number of carbonyl (C=O) groups is 4. The number of hydrogen-bond donors (Lipinski definition) is 0. The van der Waals surface area contributed by atoms with Gasteiger partial charge in [-0.1, -0.05) is 43.0 Å². The molecule has 186 valence electrons. The zero-order valence-electron chi connectivity index (χ0n) is 20.3. The van der Waals surface area contributed by atoms with E-state index in [0.29, 0.717) is 13.1 Å². The molecule has 0 unspecified atom stereocenters. The van der Waals surface area contributed by atoms with Gasteiger partial charge in [0.2, 0.25) is 11.8 Å². The summed E-state index contributed by atoms with van der Waals surface area (Å²) in [7, 11) is 2.67. The van der Waals surface area contributed by atoms with Crippen molar-refractivity contribution in [3.63, 3.8) is 0 Å². The van der Waals surface area contributed by atoms with Crippen LogP contribution in [0.1, 0.15) is 39.7 Å². The molecule has 2 atom stereocenters. The summed E-state index contributed by atoms with van der Waals surface area (Å²) in [6.07, 6.45) is 4.38. The second kappa shape index (κ2) is 10.6. The standard InChI is InChI=1S/C28H28N2O6/c1-4-25(31)29-15-20-13-18(9-11-22(20)24(16-29)28(34)36-3)10-12-26(32)30-14-19-7-5-6-8-21(19)23(17-30)27(33)35-2/h4-13,23-24H,1,14-17H2,2-3H3/b12-10+/t23-,24+/m0/s1. The van der Waals surface area contributed by atoms with Crippen LogP contribution in [0.5, 0.6) is 0 Å². The second-order valence-corrected chi connectivity index (χ2v) is 8.78. The van der Waals surface area contributed by atoms with Gasteiger partial charge in [-0.25, -0.2) is 0 Å². The quantitative estimate of drug-likeness (QED) is 0.475. The first-order chi connectivity index (χ1) is 17.4. The molecule has 0 saturated carbocycles. The smallest absolute Gasteiger partial charge is 0.314 e. The molecule has 0 fully saturated rings. The molecule has 2 aromatic rings. The van der Waals surface area contributed by atoms with Gasteiger partial charge in [0.25, 0.3) is 0 Å². The number of rotatable bonds is 5. The summed E-state index contributed by atoms with van der Waals surface area (Å²) in [5.74, 6) is -2.42. The predicted octanol–water partition coefficient (Wildman–Crippen LogP) is 2.78. The molecule has 0 bridgehead atoms. The molecule has 8 nitrogen and oxygen atoms in total. The summed E-state index contributed by atoms with van der Waals surface area (Å²) in [5, 5.41) is 0. The van der Waals surface area contributed by atoms with Crippen LogP contribution < -0.4 is 0 Å². The monoisotopic (exact) mass is 488 g/mol. The number of esters is 2. The molecule has 0 saturated heterocycles. The highest BCUT2D eigenvalue weighted by Gasteiger charge is 2.34. The van der Waals surface area contributed by atoms with Gasteiger partial charge in [0, 0.05) is 32.3 Å². The summed E-state index contributed by atoms with van der Waals surface area (Å²) < 4.78 is 9.91. The third-order valence-corrected chi connectivity index (χ3v) is 6.69. The average molecular weight is 489 g/mol. The molecule has 0 radical (unpaired) electrons. The van der Waals surface area contributed by atoms with Gasteiger partial charge in [-0.15, -0.1) is 0 Å². The summed E-state index contributed by atoms with van der Waals surface area (Å²) >= 11 is 0. The van der Waals surface area contributed by atoms with E-state index in [9.17, 15) is 19.2 Å². The Balaban J connectivity index is 1.56. The van der Waals surface area contributed by atoms with Crippen LogP contribution in [0.15, 0.2) is 61.2 Å². The van der Waals surface area contributed by atoms with Crippen molar-refractivity contribution >= 4 is 29.8 Å². The van der Waals surface area contributed by atoms with Crippen molar-refractivity contribution in [2.24, 2.45) is 0 Å². The minimum atomic E-state index is -0.592. The maximum Gasteiger partial charge on any atom is 0.314 e. The van der Waals surface area contributed by atoms with Crippen molar-refractivity contribution < 1.29 is 28.7 Å². The third kappa shape index (κ3) is 4.93. The molecule has 0 spiro atoms. The van der Waals surface area contributed by atoms with Gasteiger partial charge in [-0.2, -0.15) is 0 Å². The molecule has 0 N–H and O–H groups in total. The lowest BCUT2D eigenvalue weighted by Crippen LogP contribution is -2.40. The van der Waals surface area contributed by atoms with Crippen LogP contribution in [-0.2, 0) is 41.7 Å². The fourth-order valence-corrected chi connectivity index (χ4v) is 4.83. The SMILES string of the molecule is C=CC(=O)N1Cc2cc(/C=C/C(=O)N3Cc4ccccc4[C@@H](C(=O)OC)C3)ccc2[C@H](C(=O)OC)C1. The van der Waals surface area contributed by atoms with Gasteiger partial charge >= 0.3 is 11.9 Å². The lowest BCUT2D eigenvalue weighted by atomic mass is 9.88. The lowest BCUT2D eigenvalue weighted by molar-refractivity contribution is -0.145. The highest BCUT2D eigenvalue weighted by Crippen LogP contribution is 2.32. The van der Waals surface area contributed by atoms with E-state index in [0.717, 1.165) is 27.8 Å². The van der Waals surface area contributed by atoms with E-state index in [1.54, 1.807) is 15.9 Å². The fraction of sp³-hybridized carbons (Fsp3) is 0.286. The minimum Gasteiger partial charge on any atom is -0.468 e. The van der Waals surface area contributed by atoms with Gasteiger partial charge in [0.1, 0.15) is 0 Å². The number of hydrogen-bond acceptors (Lipinski definition) is 6. The van der Waals surface area contributed by atoms with Crippen molar-refractivity contribution in [1.82, 2.24) is 9.80 Å². The molecular formula is C28H28N2O6. The second-order valence-electron chi connectivity index (χ2n) is 8.78. The molecule has 2 amide bonds. The Kier molecular flexibility index (Phi) is 7.33. The maximum absolute atomic E-state index is 13.0. The normalized spacial score (nSPS) is 18.7. The average Bonchev–Trinajstić information content (AvgIpc) is 2.92. The maximum atomic E-state index is 13.0. The Morgan fingerprint density at radius 2 is 1.42 bits per heavy atom. The molecule has 2 aromatic carbocycles. The highest BCUT2D eigenvalue weighted by atomic mass is 16.5. The Morgan fingerprint density at radius 3 is 2.06 bits per heavy atom. The number of nitrogens with zero attached hydrogens (tertiary/aromatic N) is 2. The molecule has 2 heterocycles. The first kappa shape index (κ1) is 24.9. The van der Waals surface area contributed by atoms with Gasteiger partial charge < -0.3 is 19.3 Å². The molecular weight excluding hydrogens is 460 g/mol. The summed E-state index contributed by atoms with van der Waals surface area (Å²) in [6.45, 7) is 4.72. The van der Waals surface area contributed by atoms with Crippen LogP contribution in [0.3, 0.4) is 0 Å². The van der Waals surface area contributed by atoms with E-state index in [1.807, 2.05) is 42.5 Å². The highest BCUT2D eigenvalue weighted by molar-refractivity contribution is 5.93. The summed E-state index contributed by atoms with van der Waals surface area (Å²) in [4.78, 5) is 53.2. The molecule has 4 rings (SSSR count). The number of carbonyl (C=O) groups excluding carboxylic acids is 4. The Labute approximate surface area is 209 Å². The van der Waals surface area contributed by atoms with E-state index < -0.39 is 17.8 Å². The van der Waals surface area contributed by atoms with Crippen molar-refractivity contribution in [2.75, 3.05) is 27.3 Å². The van der Waals surface area contributed by atoms with Crippen LogP contribution in [0.25, 0.3) is 6.08 Å². The largest absolute Gasteiger partial charge is 0.468 e. The number of ether oxygens (including phenoxy) is 2. The third-order valence-electron chi connectivity index (χ3n) is 6.69. The van der Waals surface area contributed by atoms with Gasteiger partial charge in [0.05, 0.1) is 26.1 Å². The number of fused-ring (bicyclic) bond motifs is 2. The zero-order valence-corrected chi connectivity index (χ0v) is 20.3. The van der Waals surface area contributed by atoms with Gasteiger partial charge in [-0.3, -0.25) is 19.2 Å². The topological polar surface area (TPSA) is 93.2 Å². The zero-order chi connectivity index (χ0) is 25.8. The molecule has 36 heavy (non-hydrogen) atoms. The molecule has 2 aliphatic rings. The van der Waals surface area contributed by atoms with Crippen LogP contribution in [0.2, 0.25) is 0 Å². The molecule has 2 aliphatic heterocycles. The van der Waals surface area contributed by atoms with E-state index >= 15 is 0 Å². The Hall–Kier alpha value is -4.20. The van der Waals surface area contributed by atoms with Crippen molar-refractivity contribution in [3.8, 4) is 0 Å². The summed E-state index contributed by atoms with van der Waals surface area (Å²) in [5.41, 5.74) is 4.15. The number of amides is 2. The molecule has 0 aromatic heterocycles. The first-order valence-electron chi connectivity index (χ1n) is 11.6. The van der Waals surface area contributed by atoms with Crippen LogP contribution in [0.4, 0.5) is 0 Å². The van der Waals surface area contributed by atoms with E-state index in [-0.39, 0.29) is 30.9 Å². The van der Waals surface area contributed by atoms with Gasteiger partial charge in [0.15, 0.2) is 0 Å². The number of benzene rings is 2. The summed E-state index contributed by atoms with van der Waals surface area (Å²) in [6, 6.07) is 13.1. The van der Waals surface area contributed by atoms with Gasteiger partial charge in [-0.05, 0) is 46.0 Å². The lowest BCUT2D eigenvalue weighted by Gasteiger charge is -2.33. The van der Waals surface area contributed by atoms with E-state index in [2.05, 4.69) is 6.58 Å². The Bertz CT molecular complexity index is 1250. The van der Waals surface area contributed by atoms with Crippen LogP contribution >= 0.6 is 0 Å². The minimum absolute atomic E-state index is 0.218. The van der Waals surface area contributed by atoms with Crippen molar-refractivity contribution in [2.45, 2.75) is 24.9 Å². The van der Waals surface area contributed by atoms with Crippen molar-refractivity contribution in [3.05, 3.63) is 89.0 Å². The Morgan fingerprint density at radius 1 is 0.833 bits per heavy atom. The predicted molar refractivity (Wildman–Crippen MR) is 132 cm³/mol. The fourth-order valence-electron chi connectivity index (χ4n) is 4.83. The van der Waals surface area contributed by atoms with E-state index in [1.165, 1.54) is 26.4 Å². The molecule has 0 aliphatic carbocycles. The van der Waals surface area contributed by atoms with Crippen molar-refractivity contribution in [1.29, 1.82) is 0 Å². The van der Waals surface area contributed by atoms with E-state index in [4.69, 9.17) is 9.47 Å².